The Morgan fingerprint density at radius 3 is 2.94 bits per heavy atom. The average Bonchev–Trinajstić information content (AvgIpc) is 2.21. The Kier molecular flexibility index (Phi) is 4.27. The van der Waals surface area contributed by atoms with E-state index in [1.165, 1.54) is 11.3 Å². The fraction of sp³-hybridized carbons (Fsp3) is 0.375. The molecule has 0 unspecified atom stereocenters. The molecular formula is C8H12ClN5O2. The number of amides is 1. The van der Waals surface area contributed by atoms with Crippen molar-refractivity contribution >= 4 is 29.2 Å². The Bertz CT molecular complexity index is 385. The number of hydrogen-bond acceptors (Lipinski definition) is 6. The van der Waals surface area contributed by atoms with E-state index < -0.39 is 6.09 Å². The van der Waals surface area contributed by atoms with Gasteiger partial charge >= 0.3 is 6.09 Å². The maximum absolute atomic E-state index is 11.2. The summed E-state index contributed by atoms with van der Waals surface area (Å²) in [6.45, 7) is 1.95. The van der Waals surface area contributed by atoms with Gasteiger partial charge in [0, 0.05) is 7.05 Å². The number of carbonyl (C=O) groups is 1. The predicted octanol–water partition coefficient (Wildman–Crippen LogP) is 1.01. The Morgan fingerprint density at radius 1 is 1.69 bits per heavy atom. The van der Waals surface area contributed by atoms with Crippen LogP contribution in [0.5, 0.6) is 0 Å². The van der Waals surface area contributed by atoms with E-state index in [1.54, 1.807) is 14.0 Å². The molecular weight excluding hydrogens is 234 g/mol. The number of hydrogen-bond donors (Lipinski definition) is 2. The molecule has 0 aromatic carbocycles. The van der Waals surface area contributed by atoms with Gasteiger partial charge in [-0.1, -0.05) is 11.6 Å². The lowest BCUT2D eigenvalue weighted by Gasteiger charge is -2.16. The van der Waals surface area contributed by atoms with Crippen LogP contribution < -0.4 is 16.2 Å². The van der Waals surface area contributed by atoms with Crippen LogP contribution in [0.4, 0.5) is 16.3 Å². The molecule has 0 atom stereocenters. The Balaban J connectivity index is 2.97. The summed E-state index contributed by atoms with van der Waals surface area (Å²) in [4.78, 5) is 18.9. The van der Waals surface area contributed by atoms with Crippen molar-refractivity contribution in [3.8, 4) is 0 Å². The normalized spacial score (nSPS) is 9.75. The first-order chi connectivity index (χ1) is 7.56. The summed E-state index contributed by atoms with van der Waals surface area (Å²) in [5, 5.41) is 3.73. The molecule has 0 saturated heterocycles. The van der Waals surface area contributed by atoms with Crippen molar-refractivity contribution in [1.82, 2.24) is 9.97 Å². The van der Waals surface area contributed by atoms with Crippen molar-refractivity contribution in [2.45, 2.75) is 6.92 Å². The summed E-state index contributed by atoms with van der Waals surface area (Å²) in [6, 6.07) is 0. The number of aromatic nitrogens is 2. The second kappa shape index (κ2) is 5.47. The van der Waals surface area contributed by atoms with Gasteiger partial charge in [0.05, 0.1) is 6.61 Å². The summed E-state index contributed by atoms with van der Waals surface area (Å²) in [5.74, 6) is 5.82. The highest BCUT2D eigenvalue weighted by Crippen LogP contribution is 2.27. The molecule has 0 spiro atoms. The highest BCUT2D eigenvalue weighted by Gasteiger charge is 2.15. The molecule has 1 aromatic rings. The molecule has 0 radical (unpaired) electrons. The minimum atomic E-state index is -0.637. The van der Waals surface area contributed by atoms with Gasteiger partial charge in [0.1, 0.15) is 12.0 Å². The number of nitrogens with two attached hydrogens (primary N) is 1. The van der Waals surface area contributed by atoms with Crippen molar-refractivity contribution in [1.29, 1.82) is 0 Å². The number of carbonyl (C=O) groups excluding carboxylic acids is 1. The van der Waals surface area contributed by atoms with Crippen LogP contribution in [0.15, 0.2) is 6.33 Å². The average molecular weight is 246 g/mol. The molecule has 7 nitrogen and oxygen atoms in total. The van der Waals surface area contributed by atoms with E-state index in [2.05, 4.69) is 15.3 Å². The number of rotatable bonds is 3. The van der Waals surface area contributed by atoms with Gasteiger partial charge in [0.15, 0.2) is 11.0 Å². The van der Waals surface area contributed by atoms with Gasteiger partial charge in [-0.3, -0.25) is 10.3 Å². The van der Waals surface area contributed by atoms with Gasteiger partial charge in [-0.2, -0.15) is 0 Å². The van der Waals surface area contributed by atoms with Crippen LogP contribution in [0.2, 0.25) is 5.15 Å². The Hall–Kier alpha value is -1.60. The van der Waals surface area contributed by atoms with Gasteiger partial charge in [0.25, 0.3) is 0 Å². The number of halogens is 1. The number of nitrogens with zero attached hydrogens (tertiary/aromatic N) is 3. The molecule has 0 saturated carbocycles. The molecule has 1 heterocycles. The number of hydrazine groups is 1. The lowest BCUT2D eigenvalue weighted by atomic mass is 10.4. The van der Waals surface area contributed by atoms with Crippen molar-refractivity contribution < 1.29 is 9.53 Å². The SMILES string of the molecule is CCOC(=O)Nc1c(Cl)ncnc1N(C)N. The summed E-state index contributed by atoms with van der Waals surface area (Å²) >= 11 is 5.81. The summed E-state index contributed by atoms with van der Waals surface area (Å²) in [6.07, 6.45) is 0.611. The lowest BCUT2D eigenvalue weighted by Crippen LogP contribution is -2.28. The third kappa shape index (κ3) is 2.94. The highest BCUT2D eigenvalue weighted by atomic mass is 35.5. The second-order valence-electron chi connectivity index (χ2n) is 2.82. The van der Waals surface area contributed by atoms with Crippen molar-refractivity contribution in [3.63, 3.8) is 0 Å². The maximum atomic E-state index is 11.2. The van der Waals surface area contributed by atoms with E-state index in [-0.39, 0.29) is 17.4 Å². The van der Waals surface area contributed by atoms with Crippen LogP contribution in [0.25, 0.3) is 0 Å². The molecule has 0 fully saturated rings. The first-order valence-electron chi connectivity index (χ1n) is 4.49. The monoisotopic (exact) mass is 245 g/mol. The first-order valence-corrected chi connectivity index (χ1v) is 4.86. The van der Waals surface area contributed by atoms with Crippen LogP contribution in [0, 0.1) is 0 Å². The van der Waals surface area contributed by atoms with Crippen LogP contribution in [0.3, 0.4) is 0 Å². The first kappa shape index (κ1) is 12.5. The van der Waals surface area contributed by atoms with E-state index >= 15 is 0 Å². The molecule has 0 aliphatic carbocycles. The zero-order chi connectivity index (χ0) is 12.1. The van der Waals surface area contributed by atoms with Gasteiger partial charge in [0.2, 0.25) is 0 Å². The summed E-state index contributed by atoms with van der Waals surface area (Å²) in [7, 11) is 1.56. The predicted molar refractivity (Wildman–Crippen MR) is 60.3 cm³/mol. The van der Waals surface area contributed by atoms with Crippen LogP contribution in [0.1, 0.15) is 6.92 Å². The standard InChI is InChI=1S/C8H12ClN5O2/c1-3-16-8(15)13-5-6(9)11-4-12-7(5)14(2)10/h4H,3,10H2,1-2H3,(H,13,15). The number of nitrogens with one attached hydrogen (secondary N) is 1. The van der Waals surface area contributed by atoms with E-state index in [1.807, 2.05) is 0 Å². The molecule has 0 bridgehead atoms. The fourth-order valence-electron chi connectivity index (χ4n) is 1.000. The van der Waals surface area contributed by atoms with Gasteiger partial charge in [-0.05, 0) is 6.92 Å². The van der Waals surface area contributed by atoms with Crippen molar-refractivity contribution in [2.75, 3.05) is 24.0 Å². The lowest BCUT2D eigenvalue weighted by molar-refractivity contribution is 0.168. The number of ether oxygens (including phenoxy) is 1. The van der Waals surface area contributed by atoms with Crippen LogP contribution in [-0.2, 0) is 4.74 Å². The molecule has 1 aromatic heterocycles. The molecule has 0 aliphatic rings. The minimum Gasteiger partial charge on any atom is -0.450 e. The molecule has 8 heteroatoms. The van der Waals surface area contributed by atoms with Crippen LogP contribution in [-0.4, -0.2) is 29.7 Å². The molecule has 3 N–H and O–H groups in total. The van der Waals surface area contributed by atoms with Gasteiger partial charge in [-0.15, -0.1) is 0 Å². The molecule has 88 valence electrons. The third-order valence-corrected chi connectivity index (χ3v) is 1.90. The van der Waals surface area contributed by atoms with Gasteiger partial charge in [-0.25, -0.2) is 20.6 Å². The van der Waals surface area contributed by atoms with Crippen molar-refractivity contribution in [3.05, 3.63) is 11.5 Å². The zero-order valence-electron chi connectivity index (χ0n) is 8.90. The quantitative estimate of drug-likeness (QED) is 0.469. The topological polar surface area (TPSA) is 93.4 Å². The van der Waals surface area contributed by atoms with E-state index in [9.17, 15) is 4.79 Å². The molecule has 1 rings (SSSR count). The summed E-state index contributed by atoms with van der Waals surface area (Å²) in [5.41, 5.74) is 0.215. The molecule has 0 aliphatic heterocycles. The fourth-order valence-corrected chi connectivity index (χ4v) is 1.18. The number of anilines is 2. The third-order valence-electron chi connectivity index (χ3n) is 1.62. The highest BCUT2D eigenvalue weighted by molar-refractivity contribution is 6.33. The van der Waals surface area contributed by atoms with E-state index in [0.717, 1.165) is 0 Å². The zero-order valence-corrected chi connectivity index (χ0v) is 9.65. The van der Waals surface area contributed by atoms with Gasteiger partial charge < -0.3 is 4.74 Å². The molecule has 16 heavy (non-hydrogen) atoms. The Labute approximate surface area is 97.5 Å². The van der Waals surface area contributed by atoms with Crippen LogP contribution >= 0.6 is 11.6 Å². The second-order valence-corrected chi connectivity index (χ2v) is 3.18. The molecule has 1 amide bonds. The minimum absolute atomic E-state index is 0.0929. The smallest absolute Gasteiger partial charge is 0.411 e. The largest absolute Gasteiger partial charge is 0.450 e. The van der Waals surface area contributed by atoms with E-state index in [4.69, 9.17) is 22.2 Å². The van der Waals surface area contributed by atoms with E-state index in [0.29, 0.717) is 5.82 Å². The maximum Gasteiger partial charge on any atom is 0.411 e. The Morgan fingerprint density at radius 2 is 2.38 bits per heavy atom. The van der Waals surface area contributed by atoms with Crippen molar-refractivity contribution in [2.24, 2.45) is 5.84 Å². The summed E-state index contributed by atoms with van der Waals surface area (Å²) < 4.78 is 4.71.